The second-order valence-corrected chi connectivity index (χ2v) is 2.63. The summed E-state index contributed by atoms with van der Waals surface area (Å²) in [4.78, 5) is 6.74. The lowest BCUT2D eigenvalue weighted by Gasteiger charge is -2.05. The van der Waals surface area contributed by atoms with Crippen molar-refractivity contribution in [1.29, 1.82) is 0 Å². The van der Waals surface area contributed by atoms with Crippen LogP contribution in [-0.4, -0.2) is 16.1 Å². The molecule has 3 N–H and O–H groups in total. The SMILES string of the molecule is CC(C)OCc1[nH]cnc1N. The fourth-order valence-corrected chi connectivity index (χ4v) is 0.697. The molecule has 0 atom stereocenters. The van der Waals surface area contributed by atoms with Gasteiger partial charge in [0, 0.05) is 0 Å². The lowest BCUT2D eigenvalue weighted by molar-refractivity contribution is 0.0642. The number of ether oxygens (including phenoxy) is 1. The van der Waals surface area contributed by atoms with Gasteiger partial charge in [0.2, 0.25) is 0 Å². The van der Waals surface area contributed by atoms with Crippen molar-refractivity contribution in [2.45, 2.75) is 26.6 Å². The van der Waals surface area contributed by atoms with Crippen LogP contribution in [0.25, 0.3) is 0 Å². The van der Waals surface area contributed by atoms with Crippen LogP contribution in [0.15, 0.2) is 6.33 Å². The predicted octanol–water partition coefficient (Wildman–Crippen LogP) is 0.917. The van der Waals surface area contributed by atoms with E-state index < -0.39 is 0 Å². The first-order chi connectivity index (χ1) is 5.20. The molecular weight excluding hydrogens is 142 g/mol. The second-order valence-electron chi connectivity index (χ2n) is 2.63. The van der Waals surface area contributed by atoms with Crippen molar-refractivity contribution in [3.8, 4) is 0 Å². The van der Waals surface area contributed by atoms with Gasteiger partial charge in [0.05, 0.1) is 24.7 Å². The van der Waals surface area contributed by atoms with Crippen molar-refractivity contribution in [3.63, 3.8) is 0 Å². The van der Waals surface area contributed by atoms with Crippen molar-refractivity contribution in [2.75, 3.05) is 5.73 Å². The average Bonchev–Trinajstić information content (AvgIpc) is 2.31. The number of nitrogen functional groups attached to an aromatic ring is 1. The number of rotatable bonds is 3. The zero-order valence-electron chi connectivity index (χ0n) is 6.79. The molecule has 0 saturated heterocycles. The topological polar surface area (TPSA) is 63.9 Å². The summed E-state index contributed by atoms with van der Waals surface area (Å²) in [6.45, 7) is 4.46. The Morgan fingerprint density at radius 2 is 2.45 bits per heavy atom. The van der Waals surface area contributed by atoms with E-state index >= 15 is 0 Å². The molecule has 0 aliphatic carbocycles. The zero-order valence-corrected chi connectivity index (χ0v) is 6.79. The summed E-state index contributed by atoms with van der Waals surface area (Å²) in [5.74, 6) is 0.519. The summed E-state index contributed by atoms with van der Waals surface area (Å²) in [7, 11) is 0. The number of anilines is 1. The zero-order chi connectivity index (χ0) is 8.27. The second kappa shape index (κ2) is 3.39. The summed E-state index contributed by atoms with van der Waals surface area (Å²) < 4.78 is 5.32. The first-order valence-electron chi connectivity index (χ1n) is 3.59. The van der Waals surface area contributed by atoms with Gasteiger partial charge in [-0.15, -0.1) is 0 Å². The maximum atomic E-state index is 5.50. The van der Waals surface area contributed by atoms with Crippen molar-refractivity contribution < 1.29 is 4.74 Å². The number of aromatic nitrogens is 2. The third-order valence-corrected chi connectivity index (χ3v) is 1.31. The van der Waals surface area contributed by atoms with Gasteiger partial charge in [0.1, 0.15) is 5.82 Å². The monoisotopic (exact) mass is 155 g/mol. The molecule has 4 nitrogen and oxygen atoms in total. The van der Waals surface area contributed by atoms with Crippen LogP contribution in [0.5, 0.6) is 0 Å². The smallest absolute Gasteiger partial charge is 0.147 e. The Morgan fingerprint density at radius 3 is 2.91 bits per heavy atom. The lowest BCUT2D eigenvalue weighted by Crippen LogP contribution is -2.04. The molecule has 0 amide bonds. The minimum absolute atomic E-state index is 0.220. The molecule has 4 heteroatoms. The Bertz CT molecular complexity index is 219. The van der Waals surface area contributed by atoms with Gasteiger partial charge < -0.3 is 15.5 Å². The predicted molar refractivity (Wildman–Crippen MR) is 42.9 cm³/mol. The number of hydrogen-bond donors (Lipinski definition) is 2. The van der Waals surface area contributed by atoms with Crippen molar-refractivity contribution in [1.82, 2.24) is 9.97 Å². The third-order valence-electron chi connectivity index (χ3n) is 1.31. The summed E-state index contributed by atoms with van der Waals surface area (Å²) in [5.41, 5.74) is 6.35. The first kappa shape index (κ1) is 8.07. The van der Waals surface area contributed by atoms with Crippen molar-refractivity contribution in [3.05, 3.63) is 12.0 Å². The number of H-pyrrole nitrogens is 1. The van der Waals surface area contributed by atoms with E-state index in [0.717, 1.165) is 5.69 Å². The van der Waals surface area contributed by atoms with Crippen LogP contribution in [0.4, 0.5) is 5.82 Å². The highest BCUT2D eigenvalue weighted by Crippen LogP contribution is 2.06. The van der Waals surface area contributed by atoms with E-state index in [1.165, 1.54) is 0 Å². The molecule has 0 aromatic carbocycles. The molecule has 0 spiro atoms. The number of nitrogens with zero attached hydrogens (tertiary/aromatic N) is 1. The average molecular weight is 155 g/mol. The standard InChI is InChI=1S/C7H13N3O/c1-5(2)11-3-6-7(8)10-4-9-6/h4-5H,3,8H2,1-2H3,(H,9,10). The summed E-state index contributed by atoms with van der Waals surface area (Å²) >= 11 is 0. The largest absolute Gasteiger partial charge is 0.382 e. The molecule has 1 aromatic rings. The molecule has 0 fully saturated rings. The molecule has 11 heavy (non-hydrogen) atoms. The molecular formula is C7H13N3O. The van der Waals surface area contributed by atoms with Gasteiger partial charge in [-0.25, -0.2) is 4.98 Å². The number of imidazole rings is 1. The van der Waals surface area contributed by atoms with Crippen LogP contribution in [0.1, 0.15) is 19.5 Å². The number of hydrogen-bond acceptors (Lipinski definition) is 3. The van der Waals surface area contributed by atoms with Gasteiger partial charge in [-0.3, -0.25) is 0 Å². The Kier molecular flexibility index (Phi) is 2.48. The Balaban J connectivity index is 2.44. The van der Waals surface area contributed by atoms with Crippen molar-refractivity contribution >= 4 is 5.82 Å². The molecule has 0 aliphatic rings. The van der Waals surface area contributed by atoms with Crippen LogP contribution >= 0.6 is 0 Å². The van der Waals surface area contributed by atoms with Gasteiger partial charge in [0.25, 0.3) is 0 Å². The fourth-order valence-electron chi connectivity index (χ4n) is 0.697. The lowest BCUT2D eigenvalue weighted by atomic mass is 10.4. The van der Waals surface area contributed by atoms with Gasteiger partial charge in [-0.2, -0.15) is 0 Å². The Labute approximate surface area is 65.8 Å². The highest BCUT2D eigenvalue weighted by atomic mass is 16.5. The molecule has 1 aromatic heterocycles. The van der Waals surface area contributed by atoms with E-state index in [1.807, 2.05) is 13.8 Å². The molecule has 0 radical (unpaired) electrons. The molecule has 1 rings (SSSR count). The summed E-state index contributed by atoms with van der Waals surface area (Å²) in [6.07, 6.45) is 1.78. The molecule has 0 aliphatic heterocycles. The Hall–Kier alpha value is -1.03. The minimum Gasteiger partial charge on any atom is -0.382 e. The summed E-state index contributed by atoms with van der Waals surface area (Å²) in [5, 5.41) is 0. The highest BCUT2D eigenvalue weighted by Gasteiger charge is 2.01. The van der Waals surface area contributed by atoms with Crippen LogP contribution in [0, 0.1) is 0 Å². The van der Waals surface area contributed by atoms with E-state index in [4.69, 9.17) is 10.5 Å². The molecule has 1 heterocycles. The van der Waals surface area contributed by atoms with E-state index in [9.17, 15) is 0 Å². The van der Waals surface area contributed by atoms with Crippen LogP contribution in [0.3, 0.4) is 0 Å². The molecule has 0 unspecified atom stereocenters. The van der Waals surface area contributed by atoms with Crippen LogP contribution in [0.2, 0.25) is 0 Å². The van der Waals surface area contributed by atoms with E-state index in [2.05, 4.69) is 9.97 Å². The maximum absolute atomic E-state index is 5.50. The highest BCUT2D eigenvalue weighted by molar-refractivity contribution is 5.32. The molecule has 62 valence electrons. The van der Waals surface area contributed by atoms with E-state index in [1.54, 1.807) is 6.33 Å². The minimum atomic E-state index is 0.220. The van der Waals surface area contributed by atoms with Crippen LogP contribution < -0.4 is 5.73 Å². The number of nitrogens with two attached hydrogens (primary N) is 1. The Morgan fingerprint density at radius 1 is 1.73 bits per heavy atom. The number of aromatic amines is 1. The fraction of sp³-hybridized carbons (Fsp3) is 0.571. The molecule has 0 saturated carbocycles. The van der Waals surface area contributed by atoms with Gasteiger partial charge >= 0.3 is 0 Å². The summed E-state index contributed by atoms with van der Waals surface area (Å²) in [6, 6.07) is 0. The first-order valence-corrected chi connectivity index (χ1v) is 3.59. The maximum Gasteiger partial charge on any atom is 0.147 e. The normalized spacial score (nSPS) is 10.8. The molecule has 0 bridgehead atoms. The third kappa shape index (κ3) is 2.23. The van der Waals surface area contributed by atoms with Crippen molar-refractivity contribution in [2.24, 2.45) is 0 Å². The number of nitrogens with one attached hydrogen (secondary N) is 1. The van der Waals surface area contributed by atoms with Gasteiger partial charge in [0.15, 0.2) is 0 Å². The van der Waals surface area contributed by atoms with Crippen LogP contribution in [-0.2, 0) is 11.3 Å². The van der Waals surface area contributed by atoms with E-state index in [0.29, 0.717) is 12.4 Å². The van der Waals surface area contributed by atoms with Gasteiger partial charge in [-0.1, -0.05) is 0 Å². The van der Waals surface area contributed by atoms with E-state index in [-0.39, 0.29) is 6.10 Å². The van der Waals surface area contributed by atoms with Gasteiger partial charge in [-0.05, 0) is 13.8 Å². The quantitative estimate of drug-likeness (QED) is 0.682.